The number of carbonyl (C=O) groups is 1. The topological polar surface area (TPSA) is 34.5 Å². The molecule has 0 N–H and O–H groups in total. The molecule has 1 aromatic carbocycles. The van der Waals surface area contributed by atoms with Gasteiger partial charge in [-0.05, 0) is 37.1 Å². The number of ether oxygens (including phenoxy) is 1. The lowest BCUT2D eigenvalue weighted by Gasteiger charge is -2.22. The second-order valence-electron chi connectivity index (χ2n) is 5.25. The molecule has 0 aliphatic heterocycles. The van der Waals surface area contributed by atoms with Gasteiger partial charge in [0, 0.05) is 30.2 Å². The highest BCUT2D eigenvalue weighted by Gasteiger charge is 2.13. The smallest absolute Gasteiger partial charge is 0.242 e. The molecule has 1 heterocycles. The Labute approximate surface area is 126 Å². The van der Waals surface area contributed by atoms with Crippen molar-refractivity contribution in [3.63, 3.8) is 0 Å². The van der Waals surface area contributed by atoms with Gasteiger partial charge in [0.2, 0.25) is 5.91 Å². The van der Waals surface area contributed by atoms with Crippen LogP contribution in [0.4, 0.5) is 0 Å². The lowest BCUT2D eigenvalue weighted by Crippen LogP contribution is -2.35. The van der Waals surface area contributed by atoms with E-state index in [4.69, 9.17) is 4.74 Å². The fraction of sp³-hybridized carbons (Fsp3) is 0.471. The van der Waals surface area contributed by atoms with Crippen molar-refractivity contribution in [2.24, 2.45) is 0 Å². The number of amides is 1. The third-order valence-corrected chi connectivity index (χ3v) is 3.62. The van der Waals surface area contributed by atoms with E-state index in [2.05, 4.69) is 13.8 Å². The summed E-state index contributed by atoms with van der Waals surface area (Å²) in [5, 5.41) is 1.10. The van der Waals surface area contributed by atoms with Gasteiger partial charge in [0.05, 0.1) is 7.11 Å². The van der Waals surface area contributed by atoms with Crippen molar-refractivity contribution < 1.29 is 9.53 Å². The molecule has 0 aliphatic carbocycles. The molecule has 0 saturated heterocycles. The molecule has 4 nitrogen and oxygen atoms in total. The summed E-state index contributed by atoms with van der Waals surface area (Å²) in [6, 6.07) is 7.95. The predicted octanol–water partition coefficient (Wildman–Crippen LogP) is 3.30. The van der Waals surface area contributed by atoms with E-state index in [1.165, 1.54) is 0 Å². The lowest BCUT2D eigenvalue weighted by atomic mass is 10.2. The summed E-state index contributed by atoms with van der Waals surface area (Å²) in [6.45, 7) is 6.27. The number of nitrogens with zero attached hydrogens (tertiary/aromatic N) is 2. The molecule has 21 heavy (non-hydrogen) atoms. The van der Waals surface area contributed by atoms with Crippen molar-refractivity contribution >= 4 is 16.8 Å². The molecule has 114 valence electrons. The molecule has 0 aliphatic rings. The first kappa shape index (κ1) is 15.4. The van der Waals surface area contributed by atoms with Gasteiger partial charge < -0.3 is 14.2 Å². The van der Waals surface area contributed by atoms with Crippen LogP contribution in [0.1, 0.15) is 26.7 Å². The van der Waals surface area contributed by atoms with Crippen LogP contribution in [0.2, 0.25) is 0 Å². The number of methoxy groups -OCH3 is 1. The molecule has 0 fully saturated rings. The van der Waals surface area contributed by atoms with Gasteiger partial charge >= 0.3 is 0 Å². The van der Waals surface area contributed by atoms with E-state index in [-0.39, 0.29) is 5.91 Å². The predicted molar refractivity (Wildman–Crippen MR) is 85.7 cm³/mol. The Bertz CT molecular complexity index is 598. The van der Waals surface area contributed by atoms with Crippen LogP contribution < -0.4 is 4.74 Å². The molecular weight excluding hydrogens is 264 g/mol. The number of rotatable bonds is 7. The Morgan fingerprint density at radius 3 is 2.52 bits per heavy atom. The largest absolute Gasteiger partial charge is 0.497 e. The highest BCUT2D eigenvalue weighted by molar-refractivity contribution is 5.84. The summed E-state index contributed by atoms with van der Waals surface area (Å²) in [5.74, 6) is 1.03. The summed E-state index contributed by atoms with van der Waals surface area (Å²) in [6.07, 6.45) is 3.96. The number of hydrogen-bond donors (Lipinski definition) is 0. The van der Waals surface area contributed by atoms with Crippen LogP contribution in [0.15, 0.2) is 30.5 Å². The summed E-state index contributed by atoms with van der Waals surface area (Å²) in [4.78, 5) is 14.4. The average Bonchev–Trinajstić information content (AvgIpc) is 2.89. The number of aromatic nitrogens is 1. The first-order valence-electron chi connectivity index (χ1n) is 7.60. The maximum atomic E-state index is 12.4. The standard InChI is InChI=1S/C17H24N2O2/c1-4-9-18(10-5-2)17(20)13-19-11-8-14-12-15(21-3)6-7-16(14)19/h6-8,11-12H,4-5,9-10,13H2,1-3H3. The first-order valence-corrected chi connectivity index (χ1v) is 7.60. The molecule has 0 atom stereocenters. The van der Waals surface area contributed by atoms with Gasteiger partial charge in [-0.2, -0.15) is 0 Å². The van der Waals surface area contributed by atoms with Gasteiger partial charge in [0.1, 0.15) is 12.3 Å². The summed E-state index contributed by atoms with van der Waals surface area (Å²) in [7, 11) is 1.66. The second-order valence-corrected chi connectivity index (χ2v) is 5.25. The maximum Gasteiger partial charge on any atom is 0.242 e. The lowest BCUT2D eigenvalue weighted by molar-refractivity contribution is -0.131. The van der Waals surface area contributed by atoms with Gasteiger partial charge in [-0.15, -0.1) is 0 Å². The minimum absolute atomic E-state index is 0.187. The zero-order chi connectivity index (χ0) is 15.2. The molecule has 1 aromatic heterocycles. The quantitative estimate of drug-likeness (QED) is 0.783. The molecule has 4 heteroatoms. The molecule has 1 amide bonds. The van der Waals surface area contributed by atoms with Gasteiger partial charge in [0.15, 0.2) is 0 Å². The molecule has 0 saturated carbocycles. The summed E-state index contributed by atoms with van der Waals surface area (Å²) in [5.41, 5.74) is 1.07. The van der Waals surface area contributed by atoms with E-state index >= 15 is 0 Å². The van der Waals surface area contributed by atoms with Crippen LogP contribution in [-0.4, -0.2) is 35.6 Å². The van der Waals surface area contributed by atoms with Crippen LogP contribution in [-0.2, 0) is 11.3 Å². The Balaban J connectivity index is 2.17. The third-order valence-electron chi connectivity index (χ3n) is 3.62. The van der Waals surface area contributed by atoms with Crippen LogP contribution in [0.5, 0.6) is 5.75 Å². The number of fused-ring (bicyclic) bond motifs is 1. The van der Waals surface area contributed by atoms with Crippen molar-refractivity contribution in [1.82, 2.24) is 9.47 Å². The van der Waals surface area contributed by atoms with Gasteiger partial charge in [0.25, 0.3) is 0 Å². The van der Waals surface area contributed by atoms with E-state index in [1.807, 2.05) is 39.9 Å². The van der Waals surface area contributed by atoms with Crippen LogP contribution >= 0.6 is 0 Å². The van der Waals surface area contributed by atoms with Crippen molar-refractivity contribution in [3.8, 4) is 5.75 Å². The zero-order valence-electron chi connectivity index (χ0n) is 13.1. The molecule has 2 aromatic rings. The molecule has 0 unspecified atom stereocenters. The Kier molecular flexibility index (Phi) is 5.26. The van der Waals surface area contributed by atoms with E-state index in [0.29, 0.717) is 6.54 Å². The van der Waals surface area contributed by atoms with Crippen molar-refractivity contribution in [2.45, 2.75) is 33.2 Å². The van der Waals surface area contributed by atoms with E-state index in [0.717, 1.165) is 42.6 Å². The van der Waals surface area contributed by atoms with Crippen molar-refractivity contribution in [3.05, 3.63) is 30.5 Å². The monoisotopic (exact) mass is 288 g/mol. The highest BCUT2D eigenvalue weighted by Crippen LogP contribution is 2.21. The number of hydrogen-bond acceptors (Lipinski definition) is 2. The van der Waals surface area contributed by atoms with Crippen molar-refractivity contribution in [2.75, 3.05) is 20.2 Å². The van der Waals surface area contributed by atoms with Gasteiger partial charge in [-0.3, -0.25) is 4.79 Å². The first-order chi connectivity index (χ1) is 10.2. The van der Waals surface area contributed by atoms with E-state index in [1.54, 1.807) is 7.11 Å². The molecule has 0 spiro atoms. The molecule has 2 rings (SSSR count). The van der Waals surface area contributed by atoms with Gasteiger partial charge in [-0.1, -0.05) is 13.8 Å². The Morgan fingerprint density at radius 2 is 1.90 bits per heavy atom. The minimum Gasteiger partial charge on any atom is -0.497 e. The average molecular weight is 288 g/mol. The second kappa shape index (κ2) is 7.16. The summed E-state index contributed by atoms with van der Waals surface area (Å²) < 4.78 is 7.24. The Morgan fingerprint density at radius 1 is 1.19 bits per heavy atom. The third kappa shape index (κ3) is 3.57. The van der Waals surface area contributed by atoms with Crippen LogP contribution in [0.25, 0.3) is 10.9 Å². The normalized spacial score (nSPS) is 10.8. The van der Waals surface area contributed by atoms with E-state index < -0.39 is 0 Å². The maximum absolute atomic E-state index is 12.4. The van der Waals surface area contributed by atoms with Crippen molar-refractivity contribution in [1.29, 1.82) is 0 Å². The fourth-order valence-electron chi connectivity index (χ4n) is 2.59. The number of benzene rings is 1. The molecule has 0 radical (unpaired) electrons. The molecular formula is C17H24N2O2. The zero-order valence-corrected chi connectivity index (χ0v) is 13.1. The number of carbonyl (C=O) groups excluding carboxylic acids is 1. The SMILES string of the molecule is CCCN(CCC)C(=O)Cn1ccc2cc(OC)ccc21. The fourth-order valence-corrected chi connectivity index (χ4v) is 2.59. The summed E-state index contributed by atoms with van der Waals surface area (Å²) >= 11 is 0. The minimum atomic E-state index is 0.187. The highest BCUT2D eigenvalue weighted by atomic mass is 16.5. The van der Waals surface area contributed by atoms with E-state index in [9.17, 15) is 4.79 Å². The molecule has 0 bridgehead atoms. The van der Waals surface area contributed by atoms with Gasteiger partial charge in [-0.25, -0.2) is 0 Å². The van der Waals surface area contributed by atoms with Crippen LogP contribution in [0, 0.1) is 0 Å². The van der Waals surface area contributed by atoms with Crippen LogP contribution in [0.3, 0.4) is 0 Å². The Hall–Kier alpha value is -1.97.